The summed E-state index contributed by atoms with van der Waals surface area (Å²) in [4.78, 5) is 14.8. The molecule has 0 atom stereocenters. The highest BCUT2D eigenvalue weighted by Crippen LogP contribution is 2.28. The van der Waals surface area contributed by atoms with Gasteiger partial charge in [-0.2, -0.15) is 4.31 Å². The summed E-state index contributed by atoms with van der Waals surface area (Å²) >= 11 is 0. The van der Waals surface area contributed by atoms with Crippen molar-refractivity contribution in [3.63, 3.8) is 0 Å². The maximum absolute atomic E-state index is 12.9. The molecule has 1 aliphatic rings. The Hall–Kier alpha value is -2.58. The van der Waals surface area contributed by atoms with E-state index in [1.165, 1.54) is 4.31 Å². The fourth-order valence-corrected chi connectivity index (χ4v) is 5.06. The first-order valence-electron chi connectivity index (χ1n) is 10.0. The van der Waals surface area contributed by atoms with Gasteiger partial charge in [-0.25, -0.2) is 8.42 Å². The van der Waals surface area contributed by atoms with E-state index in [-0.39, 0.29) is 16.7 Å². The van der Waals surface area contributed by atoms with Crippen LogP contribution in [0.3, 0.4) is 0 Å². The lowest BCUT2D eigenvalue weighted by Crippen LogP contribution is -2.43. The number of amides is 1. The molecule has 0 aromatic heterocycles. The highest BCUT2D eigenvalue weighted by Gasteiger charge is 2.33. The summed E-state index contributed by atoms with van der Waals surface area (Å²) in [6, 6.07) is 13.8. The van der Waals surface area contributed by atoms with E-state index in [0.29, 0.717) is 44.0 Å². The molecule has 3 rings (SSSR count). The van der Waals surface area contributed by atoms with Crippen LogP contribution in [0, 0.1) is 5.92 Å². The van der Waals surface area contributed by atoms with Crippen molar-refractivity contribution in [2.75, 3.05) is 38.8 Å². The fraction of sp³-hybridized carbons (Fsp3) is 0.409. The van der Waals surface area contributed by atoms with E-state index in [0.717, 1.165) is 5.69 Å². The Bertz CT molecular complexity index is 967. The molecular formula is C22H28N2O5S. The van der Waals surface area contributed by atoms with Gasteiger partial charge in [-0.05, 0) is 56.2 Å². The first-order chi connectivity index (χ1) is 14.4. The van der Waals surface area contributed by atoms with Gasteiger partial charge >= 0.3 is 0 Å². The van der Waals surface area contributed by atoms with Crippen molar-refractivity contribution >= 4 is 21.6 Å². The van der Waals surface area contributed by atoms with Gasteiger partial charge in [0.25, 0.3) is 0 Å². The molecule has 1 saturated heterocycles. The maximum Gasteiger partial charge on any atom is 0.243 e. The van der Waals surface area contributed by atoms with Gasteiger partial charge in [-0.1, -0.05) is 6.07 Å². The van der Waals surface area contributed by atoms with E-state index < -0.39 is 10.0 Å². The molecule has 0 bridgehead atoms. The number of sulfonamides is 1. The molecule has 1 fully saturated rings. The molecule has 0 unspecified atom stereocenters. The van der Waals surface area contributed by atoms with Crippen molar-refractivity contribution < 1.29 is 22.7 Å². The minimum absolute atomic E-state index is 0.0126. The predicted octanol–water partition coefficient (Wildman–Crippen LogP) is 3.16. The Labute approximate surface area is 178 Å². The van der Waals surface area contributed by atoms with E-state index in [1.54, 1.807) is 43.3 Å². The van der Waals surface area contributed by atoms with Gasteiger partial charge < -0.3 is 14.4 Å². The summed E-state index contributed by atoms with van der Waals surface area (Å²) in [5, 5.41) is 0. The largest absolute Gasteiger partial charge is 0.497 e. The topological polar surface area (TPSA) is 76.2 Å². The summed E-state index contributed by atoms with van der Waals surface area (Å²) in [6.45, 7) is 3.04. The molecule has 2 aromatic rings. The van der Waals surface area contributed by atoms with E-state index in [4.69, 9.17) is 9.47 Å². The SMILES string of the molecule is CCOc1ccc(S(=O)(=O)N2CCC(C(=O)N(C)c3cccc(OC)c3)CC2)cc1. The summed E-state index contributed by atoms with van der Waals surface area (Å²) in [5.41, 5.74) is 0.754. The monoisotopic (exact) mass is 432 g/mol. The lowest BCUT2D eigenvalue weighted by molar-refractivity contribution is -0.123. The standard InChI is InChI=1S/C22H28N2O5S/c1-4-29-19-8-10-21(11-9-19)30(26,27)24-14-12-17(13-15-24)22(25)23(2)18-6-5-7-20(16-18)28-3/h5-11,16-17H,4,12-15H2,1-3H3. The average Bonchev–Trinajstić information content (AvgIpc) is 2.79. The summed E-state index contributed by atoms with van der Waals surface area (Å²) in [7, 11) is -0.267. The number of ether oxygens (including phenoxy) is 2. The molecule has 2 aromatic carbocycles. The van der Waals surface area contributed by atoms with Crippen LogP contribution in [-0.2, 0) is 14.8 Å². The van der Waals surface area contributed by atoms with Gasteiger partial charge in [0.15, 0.2) is 0 Å². The zero-order valence-corrected chi connectivity index (χ0v) is 18.4. The number of hydrogen-bond acceptors (Lipinski definition) is 5. The highest BCUT2D eigenvalue weighted by molar-refractivity contribution is 7.89. The smallest absolute Gasteiger partial charge is 0.243 e. The number of hydrogen-bond donors (Lipinski definition) is 0. The Balaban J connectivity index is 1.63. The van der Waals surface area contributed by atoms with Crippen LogP contribution in [0.1, 0.15) is 19.8 Å². The molecule has 0 radical (unpaired) electrons. The highest BCUT2D eigenvalue weighted by atomic mass is 32.2. The van der Waals surface area contributed by atoms with Crippen LogP contribution in [0.5, 0.6) is 11.5 Å². The van der Waals surface area contributed by atoms with Gasteiger partial charge in [0.05, 0.1) is 18.6 Å². The molecule has 0 saturated carbocycles. The third-order valence-electron chi connectivity index (χ3n) is 5.35. The van der Waals surface area contributed by atoms with Crippen molar-refractivity contribution in [1.29, 1.82) is 0 Å². The predicted molar refractivity (Wildman–Crippen MR) is 115 cm³/mol. The van der Waals surface area contributed by atoms with Crippen LogP contribution >= 0.6 is 0 Å². The van der Waals surface area contributed by atoms with Crippen LogP contribution in [0.25, 0.3) is 0 Å². The number of anilines is 1. The van der Waals surface area contributed by atoms with Gasteiger partial charge in [0.1, 0.15) is 11.5 Å². The van der Waals surface area contributed by atoms with Gasteiger partial charge in [-0.3, -0.25) is 4.79 Å². The Kier molecular flexibility index (Phi) is 6.99. The second kappa shape index (κ2) is 9.49. The number of piperidine rings is 1. The fourth-order valence-electron chi connectivity index (χ4n) is 3.59. The van der Waals surface area contributed by atoms with Crippen molar-refractivity contribution in [2.24, 2.45) is 5.92 Å². The van der Waals surface area contributed by atoms with Crippen molar-refractivity contribution in [2.45, 2.75) is 24.7 Å². The van der Waals surface area contributed by atoms with Gasteiger partial charge in [-0.15, -0.1) is 0 Å². The van der Waals surface area contributed by atoms with E-state index in [1.807, 2.05) is 31.2 Å². The molecule has 1 amide bonds. The lowest BCUT2D eigenvalue weighted by Gasteiger charge is -2.32. The summed E-state index contributed by atoms with van der Waals surface area (Å²) in [5.74, 6) is 1.10. The molecule has 0 spiro atoms. The molecular weight excluding hydrogens is 404 g/mol. The zero-order chi connectivity index (χ0) is 21.7. The van der Waals surface area contributed by atoms with E-state index >= 15 is 0 Å². The van der Waals surface area contributed by atoms with Crippen LogP contribution in [-0.4, -0.2) is 52.5 Å². The molecule has 0 aliphatic carbocycles. The van der Waals surface area contributed by atoms with Crippen LogP contribution in [0.4, 0.5) is 5.69 Å². The third-order valence-corrected chi connectivity index (χ3v) is 7.26. The van der Waals surface area contributed by atoms with Crippen LogP contribution in [0.15, 0.2) is 53.4 Å². The normalized spacial score (nSPS) is 15.6. The zero-order valence-electron chi connectivity index (χ0n) is 17.6. The van der Waals surface area contributed by atoms with Crippen molar-refractivity contribution in [3.8, 4) is 11.5 Å². The quantitative estimate of drug-likeness (QED) is 0.672. The molecule has 7 nitrogen and oxygen atoms in total. The number of rotatable bonds is 7. The number of nitrogens with zero attached hydrogens (tertiary/aromatic N) is 2. The second-order valence-electron chi connectivity index (χ2n) is 7.18. The number of methoxy groups -OCH3 is 1. The third kappa shape index (κ3) is 4.76. The molecule has 1 aliphatic heterocycles. The lowest BCUT2D eigenvalue weighted by atomic mass is 9.96. The first-order valence-corrected chi connectivity index (χ1v) is 11.5. The number of carbonyl (C=O) groups excluding carboxylic acids is 1. The summed E-state index contributed by atoms with van der Waals surface area (Å²) in [6.07, 6.45) is 0.979. The van der Waals surface area contributed by atoms with Crippen LogP contribution < -0.4 is 14.4 Å². The van der Waals surface area contributed by atoms with E-state index in [2.05, 4.69) is 0 Å². The second-order valence-corrected chi connectivity index (χ2v) is 9.12. The minimum Gasteiger partial charge on any atom is -0.497 e. The Morgan fingerprint density at radius 2 is 1.77 bits per heavy atom. The Morgan fingerprint density at radius 3 is 2.37 bits per heavy atom. The average molecular weight is 433 g/mol. The number of benzene rings is 2. The van der Waals surface area contributed by atoms with Gasteiger partial charge in [0, 0.05) is 37.8 Å². The molecule has 30 heavy (non-hydrogen) atoms. The van der Waals surface area contributed by atoms with Crippen molar-refractivity contribution in [3.05, 3.63) is 48.5 Å². The van der Waals surface area contributed by atoms with E-state index in [9.17, 15) is 13.2 Å². The number of carbonyl (C=O) groups is 1. The van der Waals surface area contributed by atoms with Gasteiger partial charge in [0.2, 0.25) is 15.9 Å². The maximum atomic E-state index is 12.9. The molecule has 162 valence electrons. The summed E-state index contributed by atoms with van der Waals surface area (Å²) < 4.78 is 37.9. The molecule has 8 heteroatoms. The minimum atomic E-state index is -3.59. The molecule has 0 N–H and O–H groups in total. The van der Waals surface area contributed by atoms with Crippen molar-refractivity contribution in [1.82, 2.24) is 4.31 Å². The first kappa shape index (κ1) is 22.1. The molecule has 1 heterocycles. The van der Waals surface area contributed by atoms with Crippen LogP contribution in [0.2, 0.25) is 0 Å². The Morgan fingerprint density at radius 1 is 1.10 bits per heavy atom.